The highest BCUT2D eigenvalue weighted by Gasteiger charge is 2.24. The summed E-state index contributed by atoms with van der Waals surface area (Å²) in [5.41, 5.74) is 14.8. The van der Waals surface area contributed by atoms with Crippen molar-refractivity contribution < 1.29 is 14.3 Å². The molecule has 0 fully saturated rings. The number of aromatic nitrogens is 4. The number of aryl methyl sites for hydroxylation is 1. The van der Waals surface area contributed by atoms with Gasteiger partial charge in [0.15, 0.2) is 17.9 Å². The molecule has 0 saturated heterocycles. The molecule has 0 unspecified atom stereocenters. The summed E-state index contributed by atoms with van der Waals surface area (Å²) in [6.07, 6.45) is 4.17. The van der Waals surface area contributed by atoms with E-state index in [1.807, 2.05) is 6.92 Å². The van der Waals surface area contributed by atoms with Crippen LogP contribution in [-0.2, 0) is 0 Å². The third kappa shape index (κ3) is 2.40. The second-order valence-corrected chi connectivity index (χ2v) is 6.14. The van der Waals surface area contributed by atoms with Crippen LogP contribution in [0.4, 0.5) is 5.82 Å². The Bertz CT molecular complexity index is 1190. The molecule has 27 heavy (non-hydrogen) atoms. The van der Waals surface area contributed by atoms with Gasteiger partial charge in [-0.3, -0.25) is 9.36 Å². The number of aromatic hydroxyl groups is 1. The maximum atomic E-state index is 12.0. The topological polar surface area (TPSA) is 146 Å². The Kier molecular flexibility index (Phi) is 3.58. The number of carbonyl (C=O) groups is 1. The number of nitrogen functional groups attached to an aromatic ring is 1. The number of primary amides is 1. The molecule has 9 heteroatoms. The van der Waals surface area contributed by atoms with Gasteiger partial charge < -0.3 is 21.0 Å². The standard InChI is InChI=1S/C18H16N6O3/c1-8-3-4-12(25)9(2)14(8)24-15(19)13(16(20)26)10-5-21-17(23-18(10)24)11-6-27-7-22-11/h3-7,25H,19H2,1-2H3,(H2,20,26). The highest BCUT2D eigenvalue weighted by atomic mass is 16.3. The maximum Gasteiger partial charge on any atom is 0.253 e. The number of phenols is 1. The molecule has 0 aliphatic carbocycles. The third-order valence-corrected chi connectivity index (χ3v) is 4.48. The van der Waals surface area contributed by atoms with E-state index < -0.39 is 5.91 Å². The summed E-state index contributed by atoms with van der Waals surface area (Å²) in [4.78, 5) is 24.8. The quantitative estimate of drug-likeness (QED) is 0.504. The molecule has 3 aromatic heterocycles. The van der Waals surface area contributed by atoms with Gasteiger partial charge in [0.1, 0.15) is 23.5 Å². The van der Waals surface area contributed by atoms with E-state index in [-0.39, 0.29) is 17.1 Å². The molecule has 3 heterocycles. The summed E-state index contributed by atoms with van der Waals surface area (Å²) in [5.74, 6) is -0.157. The molecular formula is C18H16N6O3. The Labute approximate surface area is 153 Å². The first-order chi connectivity index (χ1) is 12.9. The Hall–Kier alpha value is -3.88. The molecule has 136 valence electrons. The van der Waals surface area contributed by atoms with Gasteiger partial charge in [-0.2, -0.15) is 0 Å². The molecule has 4 aromatic rings. The summed E-state index contributed by atoms with van der Waals surface area (Å²) in [6.45, 7) is 3.63. The summed E-state index contributed by atoms with van der Waals surface area (Å²) in [7, 11) is 0. The van der Waals surface area contributed by atoms with Gasteiger partial charge in [0.2, 0.25) is 0 Å². The lowest BCUT2D eigenvalue weighted by Gasteiger charge is -2.15. The number of oxazole rings is 1. The molecular weight excluding hydrogens is 348 g/mol. The van der Waals surface area contributed by atoms with Gasteiger partial charge in [-0.1, -0.05) is 6.07 Å². The first kappa shape index (κ1) is 16.6. The van der Waals surface area contributed by atoms with Gasteiger partial charge in [-0.05, 0) is 25.5 Å². The number of carbonyl (C=O) groups excluding carboxylic acids is 1. The number of fused-ring (bicyclic) bond motifs is 1. The lowest BCUT2D eigenvalue weighted by molar-refractivity contribution is 0.100. The van der Waals surface area contributed by atoms with E-state index in [0.29, 0.717) is 33.8 Å². The molecule has 1 aromatic carbocycles. The number of hydrogen-bond acceptors (Lipinski definition) is 7. The molecule has 9 nitrogen and oxygen atoms in total. The van der Waals surface area contributed by atoms with Crippen molar-refractivity contribution in [3.05, 3.63) is 47.7 Å². The fraction of sp³-hybridized carbons (Fsp3) is 0.111. The molecule has 0 radical (unpaired) electrons. The molecule has 0 saturated carbocycles. The lowest BCUT2D eigenvalue weighted by atomic mass is 10.1. The molecule has 0 aliphatic rings. The highest BCUT2D eigenvalue weighted by Crippen LogP contribution is 2.35. The predicted octanol–water partition coefficient (Wildman–Crippen LogP) is 2.08. The van der Waals surface area contributed by atoms with Crippen LogP contribution in [0, 0.1) is 13.8 Å². The molecule has 1 amide bonds. The fourth-order valence-corrected chi connectivity index (χ4v) is 3.18. The molecule has 4 rings (SSSR count). The van der Waals surface area contributed by atoms with Crippen molar-refractivity contribution in [1.29, 1.82) is 0 Å². The van der Waals surface area contributed by atoms with Crippen molar-refractivity contribution in [1.82, 2.24) is 19.5 Å². The van der Waals surface area contributed by atoms with Gasteiger partial charge in [-0.25, -0.2) is 15.0 Å². The average molecular weight is 364 g/mol. The smallest absolute Gasteiger partial charge is 0.253 e. The zero-order valence-electron chi connectivity index (χ0n) is 14.6. The number of amides is 1. The number of hydrogen-bond donors (Lipinski definition) is 3. The number of rotatable bonds is 3. The van der Waals surface area contributed by atoms with Crippen LogP contribution in [0.5, 0.6) is 5.75 Å². The normalized spacial score (nSPS) is 11.2. The zero-order chi connectivity index (χ0) is 19.3. The zero-order valence-corrected chi connectivity index (χ0v) is 14.6. The van der Waals surface area contributed by atoms with Gasteiger partial charge in [0.25, 0.3) is 5.91 Å². The van der Waals surface area contributed by atoms with E-state index in [1.165, 1.54) is 18.9 Å². The summed E-state index contributed by atoms with van der Waals surface area (Å²) >= 11 is 0. The first-order valence-corrected chi connectivity index (χ1v) is 8.05. The Morgan fingerprint density at radius 3 is 2.70 bits per heavy atom. The Morgan fingerprint density at radius 1 is 1.26 bits per heavy atom. The second kappa shape index (κ2) is 5.84. The number of nitrogens with two attached hydrogens (primary N) is 2. The lowest BCUT2D eigenvalue weighted by Crippen LogP contribution is -2.14. The number of nitrogens with zero attached hydrogens (tertiary/aromatic N) is 4. The van der Waals surface area contributed by atoms with Crippen LogP contribution >= 0.6 is 0 Å². The molecule has 0 spiro atoms. The molecule has 0 aliphatic heterocycles. The number of benzene rings is 1. The van der Waals surface area contributed by atoms with E-state index >= 15 is 0 Å². The molecule has 5 N–H and O–H groups in total. The molecule has 0 atom stereocenters. The van der Waals surface area contributed by atoms with Crippen molar-refractivity contribution in [3.63, 3.8) is 0 Å². The number of anilines is 1. The third-order valence-electron chi connectivity index (χ3n) is 4.48. The van der Waals surface area contributed by atoms with Gasteiger partial charge in [0, 0.05) is 11.8 Å². The second-order valence-electron chi connectivity index (χ2n) is 6.14. The first-order valence-electron chi connectivity index (χ1n) is 8.05. The van der Waals surface area contributed by atoms with Gasteiger partial charge >= 0.3 is 0 Å². The largest absolute Gasteiger partial charge is 0.508 e. The van der Waals surface area contributed by atoms with E-state index in [2.05, 4.69) is 15.0 Å². The highest BCUT2D eigenvalue weighted by molar-refractivity contribution is 6.11. The minimum atomic E-state index is -0.690. The summed E-state index contributed by atoms with van der Waals surface area (Å²) in [5, 5.41) is 10.6. The SMILES string of the molecule is Cc1ccc(O)c(C)c1-n1c(N)c(C(N)=O)c2cnc(-c3cocn3)nc21. The van der Waals surface area contributed by atoms with Crippen LogP contribution in [0.3, 0.4) is 0 Å². The van der Waals surface area contributed by atoms with Crippen LogP contribution in [0.1, 0.15) is 21.5 Å². The van der Waals surface area contributed by atoms with Crippen molar-refractivity contribution in [2.75, 3.05) is 5.73 Å². The van der Waals surface area contributed by atoms with E-state index in [0.717, 1.165) is 5.56 Å². The fourth-order valence-electron chi connectivity index (χ4n) is 3.18. The van der Waals surface area contributed by atoms with E-state index in [4.69, 9.17) is 15.9 Å². The van der Waals surface area contributed by atoms with Crippen LogP contribution in [-0.4, -0.2) is 30.5 Å². The number of phenolic OH excluding ortho intramolecular Hbond substituents is 1. The minimum absolute atomic E-state index is 0.100. The minimum Gasteiger partial charge on any atom is -0.508 e. The summed E-state index contributed by atoms with van der Waals surface area (Å²) < 4.78 is 6.59. The van der Waals surface area contributed by atoms with E-state index in [9.17, 15) is 9.90 Å². The van der Waals surface area contributed by atoms with Crippen molar-refractivity contribution in [2.24, 2.45) is 5.73 Å². The maximum absolute atomic E-state index is 12.0. The Morgan fingerprint density at radius 2 is 2.04 bits per heavy atom. The van der Waals surface area contributed by atoms with Crippen LogP contribution in [0.15, 0.2) is 35.4 Å². The average Bonchev–Trinajstić information content (AvgIpc) is 3.25. The monoisotopic (exact) mass is 364 g/mol. The Balaban J connectivity index is 2.14. The van der Waals surface area contributed by atoms with Crippen LogP contribution in [0.25, 0.3) is 28.2 Å². The van der Waals surface area contributed by atoms with Crippen LogP contribution in [0.2, 0.25) is 0 Å². The van der Waals surface area contributed by atoms with Crippen molar-refractivity contribution in [3.8, 4) is 23.0 Å². The van der Waals surface area contributed by atoms with E-state index in [1.54, 1.807) is 23.6 Å². The van der Waals surface area contributed by atoms with Crippen molar-refractivity contribution in [2.45, 2.75) is 13.8 Å². The summed E-state index contributed by atoms with van der Waals surface area (Å²) in [6, 6.07) is 3.35. The predicted molar refractivity (Wildman–Crippen MR) is 98.4 cm³/mol. The molecule has 0 bridgehead atoms. The van der Waals surface area contributed by atoms with Gasteiger partial charge in [-0.15, -0.1) is 0 Å². The van der Waals surface area contributed by atoms with Crippen molar-refractivity contribution >= 4 is 22.8 Å². The van der Waals surface area contributed by atoms with Gasteiger partial charge in [0.05, 0.1) is 16.6 Å². The van der Waals surface area contributed by atoms with Crippen LogP contribution < -0.4 is 11.5 Å².